The summed E-state index contributed by atoms with van der Waals surface area (Å²) in [6.07, 6.45) is -3.52. The molecule has 0 saturated carbocycles. The number of carbonyl (C=O) groups is 1. The molecule has 0 bridgehead atoms. The van der Waals surface area contributed by atoms with Crippen molar-refractivity contribution in [3.8, 4) is 5.75 Å². The van der Waals surface area contributed by atoms with Crippen LogP contribution in [0.5, 0.6) is 5.75 Å². The molecule has 0 radical (unpaired) electrons. The molecule has 1 atom stereocenters. The molecule has 1 amide bonds. The maximum Gasteiger partial charge on any atom is 0.416 e. The van der Waals surface area contributed by atoms with Crippen LogP contribution in [-0.2, 0) is 11.0 Å². The first-order valence-corrected chi connectivity index (χ1v) is 7.14. The summed E-state index contributed by atoms with van der Waals surface area (Å²) < 4.78 is 38.0. The van der Waals surface area contributed by atoms with Crippen molar-refractivity contribution < 1.29 is 23.1 Å². The van der Waals surface area contributed by atoms with Gasteiger partial charge in [0, 0.05) is 12.1 Å². The van der Waals surface area contributed by atoms with Gasteiger partial charge in [0.25, 0.3) is 0 Å². The van der Waals surface area contributed by atoms with Gasteiger partial charge in [0.15, 0.2) is 0 Å². The summed E-state index contributed by atoms with van der Waals surface area (Å²) in [4.78, 5) is 13.7. The normalized spacial score (nSPS) is 18.5. The average Bonchev–Trinajstić information content (AvgIpc) is 2.88. The minimum Gasteiger partial charge on any atom is -0.508 e. The Hall–Kier alpha value is -2.50. The molecule has 1 aliphatic rings. The number of carbonyl (C=O) groups excluding carboxylic acids is 1. The lowest BCUT2D eigenvalue weighted by Crippen LogP contribution is -2.27. The molecule has 3 nitrogen and oxygen atoms in total. The molecule has 6 heteroatoms. The quantitative estimate of drug-likeness (QED) is 0.897. The van der Waals surface area contributed by atoms with E-state index in [1.54, 1.807) is 18.2 Å². The van der Waals surface area contributed by atoms with Crippen LogP contribution in [-0.4, -0.2) is 11.0 Å². The van der Waals surface area contributed by atoms with E-state index < -0.39 is 11.7 Å². The van der Waals surface area contributed by atoms with E-state index in [9.17, 15) is 23.1 Å². The standard InChI is InChI=1S/C17H14F3NO2/c18-17(19,20)12-4-6-13(7-5-12)21-15(8-9-16(21)23)11-2-1-3-14(22)10-11/h1-7,10,15,22H,8-9H2/t15-/m1/s1. The first-order valence-electron chi connectivity index (χ1n) is 7.14. The van der Waals surface area contributed by atoms with Gasteiger partial charge < -0.3 is 10.0 Å². The number of hydrogen-bond acceptors (Lipinski definition) is 2. The van der Waals surface area contributed by atoms with Crippen LogP contribution in [0.3, 0.4) is 0 Å². The molecule has 0 aliphatic carbocycles. The highest BCUT2D eigenvalue weighted by molar-refractivity contribution is 5.96. The number of alkyl halides is 3. The SMILES string of the molecule is O=C1CC[C@H](c2cccc(O)c2)N1c1ccc(C(F)(F)F)cc1. The molecule has 3 rings (SSSR count). The fourth-order valence-corrected chi connectivity index (χ4v) is 2.87. The van der Waals surface area contributed by atoms with Gasteiger partial charge in [0.05, 0.1) is 11.6 Å². The molecule has 1 N–H and O–H groups in total. The fraction of sp³-hybridized carbons (Fsp3) is 0.235. The summed E-state index contributed by atoms with van der Waals surface area (Å²) >= 11 is 0. The van der Waals surface area contributed by atoms with Crippen LogP contribution in [0.1, 0.15) is 30.0 Å². The van der Waals surface area contributed by atoms with E-state index in [-0.39, 0.29) is 17.7 Å². The van der Waals surface area contributed by atoms with Crippen LogP contribution >= 0.6 is 0 Å². The van der Waals surface area contributed by atoms with Crippen molar-refractivity contribution >= 4 is 11.6 Å². The van der Waals surface area contributed by atoms with Gasteiger partial charge in [0.2, 0.25) is 5.91 Å². The van der Waals surface area contributed by atoms with Gasteiger partial charge in [-0.1, -0.05) is 12.1 Å². The van der Waals surface area contributed by atoms with Gasteiger partial charge in [-0.25, -0.2) is 0 Å². The van der Waals surface area contributed by atoms with Crippen molar-refractivity contribution in [1.29, 1.82) is 0 Å². The summed E-state index contributed by atoms with van der Waals surface area (Å²) in [5.74, 6) is -0.0488. The Bertz CT molecular complexity index is 725. The van der Waals surface area contributed by atoms with Crippen molar-refractivity contribution in [2.45, 2.75) is 25.1 Å². The zero-order chi connectivity index (χ0) is 16.6. The van der Waals surface area contributed by atoms with Gasteiger partial charge in [-0.05, 0) is 48.4 Å². The molecular weight excluding hydrogens is 307 g/mol. The van der Waals surface area contributed by atoms with Crippen LogP contribution in [0.25, 0.3) is 0 Å². The fourth-order valence-electron chi connectivity index (χ4n) is 2.87. The van der Waals surface area contributed by atoms with E-state index in [2.05, 4.69) is 0 Å². The van der Waals surface area contributed by atoms with Gasteiger partial charge in [-0.3, -0.25) is 4.79 Å². The third-order valence-corrected chi connectivity index (χ3v) is 3.94. The first-order chi connectivity index (χ1) is 10.9. The Kier molecular flexibility index (Phi) is 3.75. The number of phenolic OH excluding ortho intramolecular Hbond substituents is 1. The molecule has 0 unspecified atom stereocenters. The molecule has 1 aliphatic heterocycles. The second-order valence-electron chi connectivity index (χ2n) is 5.46. The Morgan fingerprint density at radius 2 is 1.78 bits per heavy atom. The monoisotopic (exact) mass is 321 g/mol. The van der Waals surface area contributed by atoms with Crippen molar-refractivity contribution in [3.63, 3.8) is 0 Å². The van der Waals surface area contributed by atoms with Crippen LogP contribution in [0.2, 0.25) is 0 Å². The highest BCUT2D eigenvalue weighted by Crippen LogP contribution is 2.39. The van der Waals surface area contributed by atoms with Gasteiger partial charge in [-0.15, -0.1) is 0 Å². The number of hydrogen-bond donors (Lipinski definition) is 1. The molecule has 2 aromatic carbocycles. The van der Waals surface area contributed by atoms with E-state index in [0.717, 1.165) is 17.7 Å². The number of anilines is 1. The molecule has 23 heavy (non-hydrogen) atoms. The van der Waals surface area contributed by atoms with E-state index in [4.69, 9.17) is 0 Å². The van der Waals surface area contributed by atoms with Crippen molar-refractivity contribution in [2.75, 3.05) is 4.90 Å². The highest BCUT2D eigenvalue weighted by Gasteiger charge is 2.35. The topological polar surface area (TPSA) is 40.5 Å². The second kappa shape index (κ2) is 5.61. The lowest BCUT2D eigenvalue weighted by molar-refractivity contribution is -0.137. The lowest BCUT2D eigenvalue weighted by atomic mass is 10.0. The molecule has 1 saturated heterocycles. The number of phenols is 1. The van der Waals surface area contributed by atoms with Crippen molar-refractivity contribution in [3.05, 3.63) is 59.7 Å². The Morgan fingerprint density at radius 3 is 2.39 bits per heavy atom. The third kappa shape index (κ3) is 3.02. The highest BCUT2D eigenvalue weighted by atomic mass is 19.4. The minimum absolute atomic E-state index is 0.0919. The Morgan fingerprint density at radius 1 is 1.09 bits per heavy atom. The van der Waals surface area contributed by atoms with Crippen LogP contribution in [0.15, 0.2) is 48.5 Å². The Labute approximate surface area is 131 Å². The van der Waals surface area contributed by atoms with Crippen LogP contribution in [0.4, 0.5) is 18.9 Å². The number of halogens is 3. The summed E-state index contributed by atoms with van der Waals surface area (Å²) in [7, 11) is 0. The lowest BCUT2D eigenvalue weighted by Gasteiger charge is -2.25. The second-order valence-corrected chi connectivity index (χ2v) is 5.46. The van der Waals surface area contributed by atoms with Gasteiger partial charge >= 0.3 is 6.18 Å². The molecule has 1 heterocycles. The minimum atomic E-state index is -4.40. The predicted octanol–water partition coefficient (Wildman–Crippen LogP) is 4.28. The van der Waals surface area contributed by atoms with E-state index in [0.29, 0.717) is 18.5 Å². The molecular formula is C17H14F3NO2. The maximum absolute atomic E-state index is 12.7. The smallest absolute Gasteiger partial charge is 0.416 e. The van der Waals surface area contributed by atoms with Crippen molar-refractivity contribution in [2.24, 2.45) is 0 Å². The summed E-state index contributed by atoms with van der Waals surface area (Å²) in [5.41, 5.74) is 0.436. The Balaban J connectivity index is 1.94. The molecule has 2 aromatic rings. The van der Waals surface area contributed by atoms with Crippen molar-refractivity contribution in [1.82, 2.24) is 0 Å². The van der Waals surface area contributed by atoms with Crippen LogP contribution < -0.4 is 4.90 Å². The summed E-state index contributed by atoms with van der Waals surface area (Å²) in [6, 6.07) is 10.8. The number of aromatic hydroxyl groups is 1. The number of rotatable bonds is 2. The van der Waals surface area contributed by atoms with Gasteiger partial charge in [-0.2, -0.15) is 13.2 Å². The van der Waals surface area contributed by atoms with E-state index in [1.165, 1.54) is 23.1 Å². The average molecular weight is 321 g/mol. The van der Waals surface area contributed by atoms with Gasteiger partial charge in [0.1, 0.15) is 5.75 Å². The molecule has 1 fully saturated rings. The molecule has 0 aromatic heterocycles. The summed E-state index contributed by atoms with van der Waals surface area (Å²) in [5, 5.41) is 9.59. The summed E-state index contributed by atoms with van der Waals surface area (Å²) in [6.45, 7) is 0. The first kappa shape index (κ1) is 15.4. The van der Waals surface area contributed by atoms with Crippen LogP contribution in [0, 0.1) is 0 Å². The maximum atomic E-state index is 12.7. The molecule has 0 spiro atoms. The largest absolute Gasteiger partial charge is 0.508 e. The number of nitrogens with zero attached hydrogens (tertiary/aromatic N) is 1. The number of benzene rings is 2. The zero-order valence-electron chi connectivity index (χ0n) is 12.0. The van der Waals surface area contributed by atoms with E-state index >= 15 is 0 Å². The van der Waals surface area contributed by atoms with E-state index in [1.807, 2.05) is 0 Å². The number of amides is 1. The predicted molar refractivity (Wildman–Crippen MR) is 79.0 cm³/mol. The molecule has 120 valence electrons. The third-order valence-electron chi connectivity index (χ3n) is 3.94. The zero-order valence-corrected chi connectivity index (χ0v) is 12.0.